The van der Waals surface area contributed by atoms with Crippen molar-refractivity contribution in [2.75, 3.05) is 0 Å². The molecule has 0 spiro atoms. The average molecular weight is 175 g/mol. The molecule has 0 unspecified atom stereocenters. The van der Waals surface area contributed by atoms with Crippen molar-refractivity contribution in [3.63, 3.8) is 0 Å². The minimum atomic E-state index is -0.0944. The number of phenolic OH excluding ortho intramolecular Hbond substituents is 1. The quantitative estimate of drug-likeness (QED) is 0.565. The molecule has 1 rings (SSSR count). The van der Waals surface area contributed by atoms with Crippen LogP contribution in [0.1, 0.15) is 15.9 Å². The number of rotatable bonds is 3. The van der Waals surface area contributed by atoms with Gasteiger partial charge in [-0.15, -0.1) is 0 Å². The fraction of sp³-hybridized carbons (Fsp3) is 0. The van der Waals surface area contributed by atoms with Crippen molar-refractivity contribution in [3.8, 4) is 5.75 Å². The van der Waals surface area contributed by atoms with Gasteiger partial charge in [0.1, 0.15) is 5.75 Å². The maximum Gasteiger partial charge on any atom is 0.155 e. The second-order valence-electron chi connectivity index (χ2n) is 2.42. The van der Waals surface area contributed by atoms with Gasteiger partial charge in [0, 0.05) is 5.56 Å². The van der Waals surface area contributed by atoms with Crippen LogP contribution in [0.2, 0.25) is 0 Å². The number of carbonyl (C=O) groups is 1. The molecule has 66 valence electrons. The Labute approximate surface area is 76.1 Å². The molecule has 0 bridgehead atoms. The molecule has 0 aliphatic rings. The SMILES string of the molecule is C=Cc1ccc(O)c(C=O)c1N=C. The summed E-state index contributed by atoms with van der Waals surface area (Å²) < 4.78 is 0. The van der Waals surface area contributed by atoms with Gasteiger partial charge < -0.3 is 5.11 Å². The highest BCUT2D eigenvalue weighted by molar-refractivity contribution is 5.90. The molecule has 3 heteroatoms. The van der Waals surface area contributed by atoms with Crippen LogP contribution in [-0.4, -0.2) is 18.1 Å². The van der Waals surface area contributed by atoms with Crippen molar-refractivity contribution in [1.82, 2.24) is 0 Å². The van der Waals surface area contributed by atoms with Crippen LogP contribution in [0.4, 0.5) is 5.69 Å². The minimum Gasteiger partial charge on any atom is -0.507 e. The van der Waals surface area contributed by atoms with E-state index in [4.69, 9.17) is 0 Å². The molecule has 0 aliphatic heterocycles. The highest BCUT2D eigenvalue weighted by atomic mass is 16.3. The van der Waals surface area contributed by atoms with Gasteiger partial charge in [0.25, 0.3) is 0 Å². The Morgan fingerprint density at radius 1 is 1.46 bits per heavy atom. The van der Waals surface area contributed by atoms with E-state index in [1.165, 1.54) is 6.07 Å². The first-order chi connectivity index (χ1) is 6.24. The number of aldehydes is 1. The summed E-state index contributed by atoms with van der Waals surface area (Å²) in [6.45, 7) is 6.88. The van der Waals surface area contributed by atoms with Gasteiger partial charge >= 0.3 is 0 Å². The Morgan fingerprint density at radius 2 is 2.15 bits per heavy atom. The third-order valence-electron chi connectivity index (χ3n) is 1.72. The van der Waals surface area contributed by atoms with Crippen LogP contribution in [0.3, 0.4) is 0 Å². The van der Waals surface area contributed by atoms with Gasteiger partial charge in [-0.1, -0.05) is 12.7 Å². The Morgan fingerprint density at radius 3 is 2.62 bits per heavy atom. The summed E-state index contributed by atoms with van der Waals surface area (Å²) in [5.41, 5.74) is 1.19. The second kappa shape index (κ2) is 3.67. The smallest absolute Gasteiger partial charge is 0.155 e. The molecular formula is C10H9NO2. The summed E-state index contributed by atoms with van der Waals surface area (Å²) in [5, 5.41) is 9.29. The maximum absolute atomic E-state index is 10.6. The first kappa shape index (κ1) is 9.19. The Bertz CT molecular complexity index is 369. The predicted molar refractivity (Wildman–Crippen MR) is 52.8 cm³/mol. The zero-order valence-corrected chi connectivity index (χ0v) is 7.03. The van der Waals surface area contributed by atoms with Crippen molar-refractivity contribution in [3.05, 3.63) is 29.8 Å². The van der Waals surface area contributed by atoms with Gasteiger partial charge in [0.05, 0.1) is 11.3 Å². The van der Waals surface area contributed by atoms with Gasteiger partial charge in [-0.05, 0) is 18.9 Å². The number of phenols is 1. The van der Waals surface area contributed by atoms with E-state index in [9.17, 15) is 9.90 Å². The Balaban J connectivity index is 3.53. The first-order valence-corrected chi connectivity index (χ1v) is 3.65. The predicted octanol–water partition coefficient (Wildman–Crippen LogP) is 2.18. The summed E-state index contributed by atoms with van der Waals surface area (Å²) in [4.78, 5) is 14.3. The molecule has 1 N–H and O–H groups in total. The van der Waals surface area contributed by atoms with E-state index < -0.39 is 0 Å². The summed E-state index contributed by atoms with van der Waals surface area (Å²) in [7, 11) is 0. The van der Waals surface area contributed by atoms with Crippen molar-refractivity contribution in [2.24, 2.45) is 4.99 Å². The third-order valence-corrected chi connectivity index (χ3v) is 1.72. The van der Waals surface area contributed by atoms with Gasteiger partial charge in [-0.2, -0.15) is 0 Å². The zero-order chi connectivity index (χ0) is 9.84. The molecule has 0 radical (unpaired) electrons. The topological polar surface area (TPSA) is 49.7 Å². The van der Waals surface area contributed by atoms with Crippen LogP contribution in [0.5, 0.6) is 5.75 Å². The zero-order valence-electron chi connectivity index (χ0n) is 7.03. The molecule has 0 saturated carbocycles. The van der Waals surface area contributed by atoms with E-state index >= 15 is 0 Å². The van der Waals surface area contributed by atoms with E-state index in [2.05, 4.69) is 18.3 Å². The largest absolute Gasteiger partial charge is 0.507 e. The molecule has 1 aromatic carbocycles. The van der Waals surface area contributed by atoms with E-state index in [1.807, 2.05) is 0 Å². The third kappa shape index (κ3) is 1.49. The van der Waals surface area contributed by atoms with E-state index in [0.29, 0.717) is 17.5 Å². The standard InChI is InChI=1S/C10H9NO2/c1-3-7-4-5-9(13)8(6-12)10(7)11-2/h3-6,13H,1-2H2. The van der Waals surface area contributed by atoms with Crippen LogP contribution in [0.25, 0.3) is 6.08 Å². The summed E-state index contributed by atoms with van der Waals surface area (Å²) in [6.07, 6.45) is 2.10. The maximum atomic E-state index is 10.6. The number of carbonyl (C=O) groups excluding carboxylic acids is 1. The average Bonchev–Trinajstić information content (AvgIpc) is 2.17. The van der Waals surface area contributed by atoms with Crippen molar-refractivity contribution < 1.29 is 9.90 Å². The van der Waals surface area contributed by atoms with E-state index in [0.717, 1.165) is 0 Å². The summed E-state index contributed by atoms with van der Waals surface area (Å²) in [6, 6.07) is 3.05. The number of aromatic hydroxyl groups is 1. The number of nitrogens with zero attached hydrogens (tertiary/aromatic N) is 1. The lowest BCUT2D eigenvalue weighted by molar-refractivity contribution is 0.112. The molecule has 0 aromatic heterocycles. The normalized spacial score (nSPS) is 9.23. The number of hydrogen-bond acceptors (Lipinski definition) is 3. The monoisotopic (exact) mass is 175 g/mol. The Kier molecular flexibility index (Phi) is 2.59. The highest BCUT2D eigenvalue weighted by Gasteiger charge is 2.08. The molecule has 0 heterocycles. The fourth-order valence-corrected chi connectivity index (χ4v) is 1.07. The van der Waals surface area contributed by atoms with E-state index in [1.54, 1.807) is 12.1 Å². The molecule has 0 aliphatic carbocycles. The molecule has 3 nitrogen and oxygen atoms in total. The summed E-state index contributed by atoms with van der Waals surface area (Å²) >= 11 is 0. The van der Waals surface area contributed by atoms with Crippen LogP contribution < -0.4 is 0 Å². The highest BCUT2D eigenvalue weighted by Crippen LogP contribution is 2.30. The molecule has 1 aromatic rings. The molecular weight excluding hydrogens is 166 g/mol. The van der Waals surface area contributed by atoms with Crippen LogP contribution in [0.15, 0.2) is 23.7 Å². The lowest BCUT2D eigenvalue weighted by Gasteiger charge is -2.04. The summed E-state index contributed by atoms with van der Waals surface area (Å²) in [5.74, 6) is -0.0944. The minimum absolute atomic E-state index is 0.0944. The number of hydrogen-bond donors (Lipinski definition) is 1. The van der Waals surface area contributed by atoms with Crippen molar-refractivity contribution in [2.45, 2.75) is 0 Å². The van der Waals surface area contributed by atoms with Crippen molar-refractivity contribution in [1.29, 1.82) is 0 Å². The molecule has 0 fully saturated rings. The van der Waals surface area contributed by atoms with Gasteiger partial charge in [-0.3, -0.25) is 9.79 Å². The molecule has 0 saturated heterocycles. The lowest BCUT2D eigenvalue weighted by atomic mass is 10.1. The fourth-order valence-electron chi connectivity index (χ4n) is 1.07. The van der Waals surface area contributed by atoms with Crippen LogP contribution >= 0.6 is 0 Å². The van der Waals surface area contributed by atoms with Crippen LogP contribution in [-0.2, 0) is 0 Å². The molecule has 0 amide bonds. The molecule has 0 atom stereocenters. The number of benzene rings is 1. The Hall–Kier alpha value is -1.90. The van der Waals surface area contributed by atoms with Gasteiger partial charge in [-0.25, -0.2) is 0 Å². The van der Waals surface area contributed by atoms with Crippen molar-refractivity contribution >= 4 is 24.8 Å². The van der Waals surface area contributed by atoms with Crippen LogP contribution in [0, 0.1) is 0 Å². The first-order valence-electron chi connectivity index (χ1n) is 3.65. The number of aliphatic imine (C=N–C) groups is 1. The van der Waals surface area contributed by atoms with E-state index in [-0.39, 0.29) is 11.3 Å². The molecule has 13 heavy (non-hydrogen) atoms. The van der Waals surface area contributed by atoms with Gasteiger partial charge in [0.15, 0.2) is 6.29 Å². The lowest BCUT2D eigenvalue weighted by Crippen LogP contribution is -1.85. The van der Waals surface area contributed by atoms with Gasteiger partial charge in [0.2, 0.25) is 0 Å². The second-order valence-corrected chi connectivity index (χ2v) is 2.42.